The van der Waals surface area contributed by atoms with Crippen LogP contribution in [-0.4, -0.2) is 15.6 Å². The molecule has 25 heavy (non-hydrogen) atoms. The molecule has 0 amide bonds. The molecule has 0 N–H and O–H groups in total. The quantitative estimate of drug-likeness (QED) is 0.581. The van der Waals surface area contributed by atoms with Crippen molar-refractivity contribution in [2.75, 3.05) is 0 Å². The molecule has 0 spiro atoms. The highest BCUT2D eigenvalue weighted by Gasteiger charge is 2.28. The maximum absolute atomic E-state index is 12.6. The van der Waals surface area contributed by atoms with Gasteiger partial charge in [-0.15, -0.1) is 0 Å². The second-order valence-electron chi connectivity index (χ2n) is 6.32. The number of aryl methyl sites for hydroxylation is 2. The molecule has 2 aromatic carbocycles. The van der Waals surface area contributed by atoms with E-state index in [1.165, 1.54) is 5.56 Å². The van der Waals surface area contributed by atoms with Gasteiger partial charge in [0.25, 0.3) is 0 Å². The number of benzene rings is 2. The Hall–Kier alpha value is -2.10. The van der Waals surface area contributed by atoms with Crippen molar-refractivity contribution in [2.45, 2.75) is 26.2 Å². The Morgan fingerprint density at radius 3 is 2.48 bits per heavy atom. The average Bonchev–Trinajstić information content (AvgIpc) is 2.99. The molecule has 1 heterocycles. The number of carbonyl (C=O) groups excluding carboxylic acids is 1. The fourth-order valence-corrected chi connectivity index (χ4v) is 3.55. The SMILES string of the molecule is Cc1ccc(-n2nc3c(c2-c2ccc(Cl)c(Cl)c2)C(=O)CCC3)cc1. The number of rotatable bonds is 2. The van der Waals surface area contributed by atoms with Crippen LogP contribution in [0.4, 0.5) is 0 Å². The van der Waals surface area contributed by atoms with Crippen molar-refractivity contribution in [3.8, 4) is 16.9 Å². The van der Waals surface area contributed by atoms with Crippen molar-refractivity contribution in [2.24, 2.45) is 0 Å². The van der Waals surface area contributed by atoms with Gasteiger partial charge in [-0.3, -0.25) is 4.79 Å². The molecule has 0 fully saturated rings. The van der Waals surface area contributed by atoms with Crippen molar-refractivity contribution in [3.63, 3.8) is 0 Å². The van der Waals surface area contributed by atoms with Gasteiger partial charge >= 0.3 is 0 Å². The van der Waals surface area contributed by atoms with Crippen LogP contribution in [0.2, 0.25) is 10.0 Å². The van der Waals surface area contributed by atoms with E-state index >= 15 is 0 Å². The first-order valence-corrected chi connectivity index (χ1v) is 8.98. The molecule has 0 unspecified atom stereocenters. The number of ketones is 1. The van der Waals surface area contributed by atoms with Gasteiger partial charge in [0.05, 0.1) is 32.7 Å². The predicted octanol–water partition coefficient (Wildman–Crippen LogP) is 5.67. The van der Waals surface area contributed by atoms with Crippen molar-refractivity contribution >= 4 is 29.0 Å². The fraction of sp³-hybridized carbons (Fsp3) is 0.200. The highest BCUT2D eigenvalue weighted by molar-refractivity contribution is 6.42. The molecule has 0 saturated carbocycles. The third-order valence-electron chi connectivity index (χ3n) is 4.53. The number of nitrogens with zero attached hydrogens (tertiary/aromatic N) is 2. The molecular weight excluding hydrogens is 355 g/mol. The van der Waals surface area contributed by atoms with Gasteiger partial charge in [0, 0.05) is 12.0 Å². The van der Waals surface area contributed by atoms with Gasteiger partial charge in [-0.1, -0.05) is 47.0 Å². The van der Waals surface area contributed by atoms with E-state index in [1.54, 1.807) is 12.1 Å². The van der Waals surface area contributed by atoms with Gasteiger partial charge in [-0.05, 0) is 44.0 Å². The van der Waals surface area contributed by atoms with Crippen LogP contribution in [0.5, 0.6) is 0 Å². The summed E-state index contributed by atoms with van der Waals surface area (Å²) < 4.78 is 1.85. The highest BCUT2D eigenvalue weighted by Crippen LogP contribution is 2.36. The van der Waals surface area contributed by atoms with Gasteiger partial charge in [0.1, 0.15) is 0 Å². The third kappa shape index (κ3) is 2.88. The Balaban J connectivity index is 1.99. The summed E-state index contributed by atoms with van der Waals surface area (Å²) in [6.07, 6.45) is 2.22. The van der Waals surface area contributed by atoms with E-state index < -0.39 is 0 Å². The molecule has 1 aromatic heterocycles. The number of aromatic nitrogens is 2. The van der Waals surface area contributed by atoms with Gasteiger partial charge in [-0.25, -0.2) is 4.68 Å². The van der Waals surface area contributed by atoms with E-state index in [-0.39, 0.29) is 5.78 Å². The lowest BCUT2D eigenvalue weighted by atomic mass is 9.92. The van der Waals surface area contributed by atoms with E-state index in [9.17, 15) is 4.79 Å². The maximum Gasteiger partial charge on any atom is 0.166 e. The highest BCUT2D eigenvalue weighted by atomic mass is 35.5. The number of hydrogen-bond donors (Lipinski definition) is 0. The van der Waals surface area contributed by atoms with Crippen LogP contribution in [0.3, 0.4) is 0 Å². The smallest absolute Gasteiger partial charge is 0.166 e. The number of fused-ring (bicyclic) bond motifs is 1. The molecule has 3 nitrogen and oxygen atoms in total. The average molecular weight is 371 g/mol. The zero-order chi connectivity index (χ0) is 17.6. The van der Waals surface area contributed by atoms with Crippen LogP contribution in [0.1, 0.15) is 34.5 Å². The monoisotopic (exact) mass is 370 g/mol. The maximum atomic E-state index is 12.6. The summed E-state index contributed by atoms with van der Waals surface area (Å²) in [6, 6.07) is 13.5. The van der Waals surface area contributed by atoms with E-state index in [0.717, 1.165) is 35.5 Å². The van der Waals surface area contributed by atoms with E-state index in [4.69, 9.17) is 28.3 Å². The molecular formula is C20H16Cl2N2O. The summed E-state index contributed by atoms with van der Waals surface area (Å²) in [5.41, 5.74) is 5.31. The molecule has 0 radical (unpaired) electrons. The number of halogens is 2. The second kappa shape index (κ2) is 6.32. The van der Waals surface area contributed by atoms with Gasteiger partial charge in [-0.2, -0.15) is 5.10 Å². The van der Waals surface area contributed by atoms with Gasteiger partial charge in [0.15, 0.2) is 5.78 Å². The second-order valence-corrected chi connectivity index (χ2v) is 7.14. The van der Waals surface area contributed by atoms with Gasteiger partial charge in [0.2, 0.25) is 0 Å². The minimum Gasteiger partial charge on any atom is -0.294 e. The first kappa shape index (κ1) is 16.4. The van der Waals surface area contributed by atoms with Crippen LogP contribution in [0.15, 0.2) is 42.5 Å². The van der Waals surface area contributed by atoms with E-state index in [0.29, 0.717) is 22.0 Å². The van der Waals surface area contributed by atoms with Crippen LogP contribution in [0, 0.1) is 6.92 Å². The van der Waals surface area contributed by atoms with Crippen molar-refractivity contribution in [1.29, 1.82) is 0 Å². The van der Waals surface area contributed by atoms with Crippen LogP contribution >= 0.6 is 23.2 Å². The summed E-state index contributed by atoms with van der Waals surface area (Å²) >= 11 is 12.3. The van der Waals surface area contributed by atoms with Crippen LogP contribution in [-0.2, 0) is 6.42 Å². The normalized spacial score (nSPS) is 13.8. The van der Waals surface area contributed by atoms with Crippen molar-refractivity contribution < 1.29 is 4.79 Å². The molecule has 0 atom stereocenters. The molecule has 3 aromatic rings. The van der Waals surface area contributed by atoms with E-state index in [1.807, 2.05) is 41.9 Å². The standard InChI is InChI=1S/C20H16Cl2N2O/c1-12-5-8-14(9-6-12)24-20(13-7-10-15(21)16(22)11-13)19-17(23-24)3-2-4-18(19)25/h5-11H,2-4H2,1H3. The fourth-order valence-electron chi connectivity index (χ4n) is 3.26. The number of hydrogen-bond acceptors (Lipinski definition) is 2. The largest absolute Gasteiger partial charge is 0.294 e. The summed E-state index contributed by atoms with van der Waals surface area (Å²) in [5.74, 6) is 0.140. The minimum absolute atomic E-state index is 0.140. The third-order valence-corrected chi connectivity index (χ3v) is 5.26. The molecule has 0 saturated heterocycles. The number of Topliss-reactive ketones (excluding diaryl/α,β-unsaturated/α-hetero) is 1. The Labute approximate surface area is 156 Å². The Morgan fingerprint density at radius 1 is 1.00 bits per heavy atom. The van der Waals surface area contributed by atoms with Crippen LogP contribution in [0.25, 0.3) is 16.9 Å². The van der Waals surface area contributed by atoms with Crippen LogP contribution < -0.4 is 0 Å². The summed E-state index contributed by atoms with van der Waals surface area (Å²) in [4.78, 5) is 12.6. The Kier molecular flexibility index (Phi) is 4.14. The molecule has 0 aliphatic heterocycles. The lowest BCUT2D eigenvalue weighted by molar-refractivity contribution is 0.0973. The molecule has 126 valence electrons. The molecule has 0 bridgehead atoms. The molecule has 5 heteroatoms. The topological polar surface area (TPSA) is 34.9 Å². The predicted molar refractivity (Wildman–Crippen MR) is 101 cm³/mol. The molecule has 1 aliphatic rings. The first-order valence-electron chi connectivity index (χ1n) is 8.22. The molecule has 4 rings (SSSR count). The zero-order valence-electron chi connectivity index (χ0n) is 13.7. The van der Waals surface area contributed by atoms with Crippen molar-refractivity contribution in [3.05, 3.63) is 69.3 Å². The van der Waals surface area contributed by atoms with Gasteiger partial charge < -0.3 is 0 Å². The Bertz CT molecular complexity index is 974. The minimum atomic E-state index is 0.140. The Morgan fingerprint density at radius 2 is 1.76 bits per heavy atom. The first-order chi connectivity index (χ1) is 12.0. The number of carbonyl (C=O) groups is 1. The summed E-state index contributed by atoms with van der Waals surface area (Å²) in [6.45, 7) is 2.04. The summed E-state index contributed by atoms with van der Waals surface area (Å²) in [7, 11) is 0. The lowest BCUT2D eigenvalue weighted by Crippen LogP contribution is -2.10. The zero-order valence-corrected chi connectivity index (χ0v) is 15.2. The van der Waals surface area contributed by atoms with E-state index in [2.05, 4.69) is 0 Å². The molecule has 1 aliphatic carbocycles. The van der Waals surface area contributed by atoms with Crippen molar-refractivity contribution in [1.82, 2.24) is 9.78 Å². The lowest BCUT2D eigenvalue weighted by Gasteiger charge is -2.12. The summed E-state index contributed by atoms with van der Waals surface area (Å²) in [5, 5.41) is 5.71.